The molecule has 19 heavy (non-hydrogen) atoms. The Morgan fingerprint density at radius 2 is 2.26 bits per heavy atom. The topological polar surface area (TPSA) is 128 Å². The first-order chi connectivity index (χ1) is 8.99. The van der Waals surface area contributed by atoms with Crippen LogP contribution in [0.2, 0.25) is 0 Å². The fraction of sp³-hybridized carbons (Fsp3) is 0.600. The number of nitro groups is 1. The average Bonchev–Trinajstić information content (AvgIpc) is 2.37. The normalized spacial score (nSPS) is 12.3. The van der Waals surface area contributed by atoms with Crippen LogP contribution in [0.1, 0.15) is 13.8 Å². The Bertz CT molecular complexity index is 439. The van der Waals surface area contributed by atoms with Gasteiger partial charge in [-0.15, -0.1) is 0 Å². The largest absolute Gasteiger partial charge is 0.383 e. The van der Waals surface area contributed by atoms with Crippen LogP contribution in [0, 0.1) is 16.0 Å². The second-order valence-corrected chi connectivity index (χ2v) is 4.28. The summed E-state index contributed by atoms with van der Waals surface area (Å²) in [4.78, 5) is 18.1. The Hall–Kier alpha value is -2.00. The molecule has 1 aromatic rings. The van der Waals surface area contributed by atoms with E-state index in [1.165, 1.54) is 0 Å². The van der Waals surface area contributed by atoms with Crippen LogP contribution in [0.4, 0.5) is 17.5 Å². The van der Waals surface area contributed by atoms with Gasteiger partial charge in [-0.1, -0.05) is 13.8 Å². The zero-order chi connectivity index (χ0) is 14.4. The Kier molecular flexibility index (Phi) is 5.39. The third-order valence-electron chi connectivity index (χ3n) is 2.57. The van der Waals surface area contributed by atoms with E-state index in [0.29, 0.717) is 6.61 Å². The van der Waals surface area contributed by atoms with E-state index in [1.807, 2.05) is 13.8 Å². The third kappa shape index (κ3) is 4.00. The summed E-state index contributed by atoms with van der Waals surface area (Å²) in [5.41, 5.74) is 2.04. The van der Waals surface area contributed by atoms with E-state index in [-0.39, 0.29) is 29.4 Å². The molecule has 0 saturated carbocycles. The predicted octanol–water partition coefficient (Wildman–Crippen LogP) is 0.753. The number of hydrogen-bond donors (Lipinski definition) is 3. The molecule has 1 heterocycles. The molecule has 1 atom stereocenters. The number of nitrogens with one attached hydrogen (secondary N) is 2. The minimum atomic E-state index is -0.549. The van der Waals surface area contributed by atoms with E-state index in [4.69, 9.17) is 10.6 Å². The number of hydrazine groups is 1. The molecule has 0 aliphatic rings. The van der Waals surface area contributed by atoms with E-state index in [9.17, 15) is 10.1 Å². The molecule has 1 unspecified atom stereocenters. The van der Waals surface area contributed by atoms with Gasteiger partial charge in [-0.05, 0) is 5.92 Å². The van der Waals surface area contributed by atoms with Gasteiger partial charge in [0.15, 0.2) is 0 Å². The number of methoxy groups -OCH3 is 1. The number of ether oxygens (including phenoxy) is 1. The highest BCUT2D eigenvalue weighted by atomic mass is 16.6. The molecule has 0 saturated heterocycles. The average molecular weight is 270 g/mol. The zero-order valence-electron chi connectivity index (χ0n) is 11.1. The molecule has 0 bridgehead atoms. The molecular formula is C10H18N6O3. The first-order valence-corrected chi connectivity index (χ1v) is 5.73. The van der Waals surface area contributed by atoms with Crippen molar-refractivity contribution in [2.45, 2.75) is 19.9 Å². The molecule has 9 heteroatoms. The SMILES string of the molecule is COCC(Nc1nc(NN)ncc1[N+](=O)[O-])C(C)C. The van der Waals surface area contributed by atoms with Crippen molar-refractivity contribution < 1.29 is 9.66 Å². The number of rotatable bonds is 7. The summed E-state index contributed by atoms with van der Waals surface area (Å²) in [7, 11) is 1.57. The molecule has 0 radical (unpaired) electrons. The van der Waals surface area contributed by atoms with Gasteiger partial charge in [0.1, 0.15) is 6.20 Å². The highest BCUT2D eigenvalue weighted by Gasteiger charge is 2.22. The molecule has 0 aliphatic carbocycles. The van der Waals surface area contributed by atoms with Crippen LogP contribution < -0.4 is 16.6 Å². The number of anilines is 2. The highest BCUT2D eigenvalue weighted by Crippen LogP contribution is 2.23. The lowest BCUT2D eigenvalue weighted by Gasteiger charge is -2.21. The smallest absolute Gasteiger partial charge is 0.329 e. The van der Waals surface area contributed by atoms with Gasteiger partial charge in [-0.2, -0.15) is 4.98 Å². The first-order valence-electron chi connectivity index (χ1n) is 5.73. The van der Waals surface area contributed by atoms with Gasteiger partial charge in [-0.25, -0.2) is 10.8 Å². The van der Waals surface area contributed by atoms with E-state index >= 15 is 0 Å². The number of nitrogens with zero attached hydrogens (tertiary/aromatic N) is 3. The van der Waals surface area contributed by atoms with Crippen molar-refractivity contribution in [2.75, 3.05) is 24.5 Å². The summed E-state index contributed by atoms with van der Waals surface area (Å²) >= 11 is 0. The van der Waals surface area contributed by atoms with E-state index in [0.717, 1.165) is 6.20 Å². The van der Waals surface area contributed by atoms with Crippen molar-refractivity contribution >= 4 is 17.5 Å². The van der Waals surface area contributed by atoms with Crippen LogP contribution in [0.15, 0.2) is 6.20 Å². The second-order valence-electron chi connectivity index (χ2n) is 4.28. The quantitative estimate of drug-likeness (QED) is 0.376. The van der Waals surface area contributed by atoms with Gasteiger partial charge in [0, 0.05) is 7.11 Å². The number of hydrogen-bond acceptors (Lipinski definition) is 8. The Morgan fingerprint density at radius 1 is 1.58 bits per heavy atom. The minimum absolute atomic E-state index is 0.105. The van der Waals surface area contributed by atoms with E-state index < -0.39 is 4.92 Å². The Balaban J connectivity index is 3.04. The van der Waals surface area contributed by atoms with Crippen LogP contribution in [-0.2, 0) is 4.74 Å². The van der Waals surface area contributed by atoms with Crippen LogP contribution in [0.25, 0.3) is 0 Å². The van der Waals surface area contributed by atoms with Crippen LogP contribution in [-0.4, -0.2) is 34.6 Å². The molecule has 0 fully saturated rings. The standard InChI is InChI=1S/C10H18N6O3/c1-6(2)7(5-19-3)13-9-8(16(17)18)4-12-10(14-9)15-11/h4,6-7H,5,11H2,1-3H3,(H2,12,13,14,15). The van der Waals surface area contributed by atoms with Crippen LogP contribution >= 0.6 is 0 Å². The van der Waals surface area contributed by atoms with Gasteiger partial charge in [0.2, 0.25) is 11.8 Å². The molecule has 9 nitrogen and oxygen atoms in total. The summed E-state index contributed by atoms with van der Waals surface area (Å²) in [6, 6.07) is -0.107. The van der Waals surface area contributed by atoms with Crippen molar-refractivity contribution in [1.82, 2.24) is 9.97 Å². The Labute approximate surface area is 110 Å². The molecule has 0 aliphatic heterocycles. The summed E-state index contributed by atoms with van der Waals surface area (Å²) in [6.45, 7) is 4.36. The maximum atomic E-state index is 10.9. The van der Waals surface area contributed by atoms with E-state index in [1.54, 1.807) is 7.11 Å². The predicted molar refractivity (Wildman–Crippen MR) is 70.6 cm³/mol. The lowest BCUT2D eigenvalue weighted by atomic mass is 10.1. The minimum Gasteiger partial charge on any atom is -0.383 e. The maximum absolute atomic E-state index is 10.9. The molecule has 106 valence electrons. The molecule has 4 N–H and O–H groups in total. The monoisotopic (exact) mass is 270 g/mol. The Morgan fingerprint density at radius 3 is 2.74 bits per heavy atom. The number of nitrogen functional groups attached to an aromatic ring is 1. The van der Waals surface area contributed by atoms with Crippen LogP contribution in [0.5, 0.6) is 0 Å². The molecular weight excluding hydrogens is 252 g/mol. The van der Waals surface area contributed by atoms with Gasteiger partial charge in [0.05, 0.1) is 17.6 Å². The van der Waals surface area contributed by atoms with Gasteiger partial charge in [0.25, 0.3) is 0 Å². The summed E-state index contributed by atoms with van der Waals surface area (Å²) in [6.07, 6.45) is 1.11. The molecule has 1 rings (SSSR count). The summed E-state index contributed by atoms with van der Waals surface area (Å²) in [5, 5.41) is 13.9. The second kappa shape index (κ2) is 6.81. The fourth-order valence-electron chi connectivity index (χ4n) is 1.44. The van der Waals surface area contributed by atoms with Crippen molar-refractivity contribution in [1.29, 1.82) is 0 Å². The van der Waals surface area contributed by atoms with Crippen LogP contribution in [0.3, 0.4) is 0 Å². The lowest BCUT2D eigenvalue weighted by Crippen LogP contribution is -2.31. The lowest BCUT2D eigenvalue weighted by molar-refractivity contribution is -0.384. The number of aromatic nitrogens is 2. The van der Waals surface area contributed by atoms with Crippen molar-refractivity contribution in [3.8, 4) is 0 Å². The van der Waals surface area contributed by atoms with Crippen molar-refractivity contribution in [3.63, 3.8) is 0 Å². The zero-order valence-corrected chi connectivity index (χ0v) is 11.1. The molecule has 1 aromatic heterocycles. The number of nitrogens with two attached hydrogens (primary N) is 1. The van der Waals surface area contributed by atoms with Crippen molar-refractivity contribution in [3.05, 3.63) is 16.3 Å². The maximum Gasteiger partial charge on any atom is 0.329 e. The molecule has 0 amide bonds. The van der Waals surface area contributed by atoms with Crippen molar-refractivity contribution in [2.24, 2.45) is 11.8 Å². The highest BCUT2D eigenvalue weighted by molar-refractivity contribution is 5.57. The first kappa shape index (κ1) is 15.1. The fourth-order valence-corrected chi connectivity index (χ4v) is 1.44. The third-order valence-corrected chi connectivity index (χ3v) is 2.57. The molecule has 0 spiro atoms. The van der Waals surface area contributed by atoms with Gasteiger partial charge >= 0.3 is 5.69 Å². The van der Waals surface area contributed by atoms with Gasteiger partial charge in [-0.3, -0.25) is 15.5 Å². The molecule has 0 aromatic carbocycles. The van der Waals surface area contributed by atoms with E-state index in [2.05, 4.69) is 20.7 Å². The summed E-state index contributed by atoms with van der Waals surface area (Å²) < 4.78 is 5.08. The van der Waals surface area contributed by atoms with Gasteiger partial charge < -0.3 is 10.1 Å². The summed E-state index contributed by atoms with van der Waals surface area (Å²) in [5.74, 6) is 5.63.